The number of likely N-dealkylation sites (N-methyl/N-ethyl adjacent to an activating group) is 1. The molecule has 106 valence electrons. The number of benzene rings is 1. The van der Waals surface area contributed by atoms with Crippen molar-refractivity contribution in [2.75, 3.05) is 28.3 Å². The minimum Gasteiger partial charge on any atom is -0.493 e. The molecule has 5 heteroatoms. The van der Waals surface area contributed by atoms with Gasteiger partial charge in [-0.2, -0.15) is 0 Å². The maximum atomic E-state index is 11.4. The second kappa shape index (κ2) is 5.93. The Kier molecular flexibility index (Phi) is 4.78. The molecule has 0 saturated carbocycles. The highest BCUT2D eigenvalue weighted by Gasteiger charge is 2.35. The Balaban J connectivity index is 3.08. The normalized spacial score (nSPS) is 14.0. The number of methoxy groups -OCH3 is 2. The standard InChI is InChI=1S/C14H21NO4/c1-14(13(16)17,15(2)3)9-10-6-7-11(18-4)12(8-10)19-5/h6-8H,9H2,1-5H3,(H,16,17)/t14-/m0/s1. The van der Waals surface area contributed by atoms with Crippen LogP contribution in [-0.2, 0) is 11.2 Å². The Bertz CT molecular complexity index is 459. The first-order valence-corrected chi connectivity index (χ1v) is 5.97. The first kappa shape index (κ1) is 15.3. The van der Waals surface area contributed by atoms with Crippen LogP contribution in [0.3, 0.4) is 0 Å². The predicted octanol–water partition coefficient (Wildman–Crippen LogP) is 1.65. The van der Waals surface area contributed by atoms with Crippen LogP contribution >= 0.6 is 0 Å². The lowest BCUT2D eigenvalue weighted by Gasteiger charge is -2.32. The van der Waals surface area contributed by atoms with Gasteiger partial charge < -0.3 is 14.6 Å². The molecule has 1 atom stereocenters. The summed E-state index contributed by atoms with van der Waals surface area (Å²) in [5.41, 5.74) is -0.0733. The average Bonchev–Trinajstić information content (AvgIpc) is 2.37. The van der Waals surface area contributed by atoms with E-state index in [1.807, 2.05) is 12.1 Å². The first-order valence-electron chi connectivity index (χ1n) is 5.97. The van der Waals surface area contributed by atoms with Crippen molar-refractivity contribution < 1.29 is 19.4 Å². The largest absolute Gasteiger partial charge is 0.493 e. The van der Waals surface area contributed by atoms with Crippen molar-refractivity contribution in [1.29, 1.82) is 0 Å². The Hall–Kier alpha value is -1.75. The lowest BCUT2D eigenvalue weighted by Crippen LogP contribution is -2.50. The van der Waals surface area contributed by atoms with Gasteiger partial charge in [-0.05, 0) is 38.7 Å². The van der Waals surface area contributed by atoms with Crippen LogP contribution in [0.25, 0.3) is 0 Å². The minimum absolute atomic E-state index is 0.385. The average molecular weight is 267 g/mol. The molecule has 0 unspecified atom stereocenters. The molecule has 0 saturated heterocycles. The van der Waals surface area contributed by atoms with Crippen LogP contribution < -0.4 is 9.47 Å². The second-order valence-corrected chi connectivity index (χ2v) is 4.84. The summed E-state index contributed by atoms with van der Waals surface area (Å²) in [7, 11) is 6.65. The van der Waals surface area contributed by atoms with Crippen molar-refractivity contribution in [2.24, 2.45) is 0 Å². The van der Waals surface area contributed by atoms with Gasteiger partial charge in [-0.1, -0.05) is 6.07 Å². The Morgan fingerprint density at radius 2 is 1.84 bits per heavy atom. The van der Waals surface area contributed by atoms with Gasteiger partial charge in [0, 0.05) is 6.42 Å². The molecule has 0 spiro atoms. The summed E-state index contributed by atoms with van der Waals surface area (Å²) in [6, 6.07) is 5.45. The number of carboxylic acid groups (broad SMARTS) is 1. The third kappa shape index (κ3) is 3.17. The highest BCUT2D eigenvalue weighted by Crippen LogP contribution is 2.29. The Morgan fingerprint density at radius 1 is 1.26 bits per heavy atom. The highest BCUT2D eigenvalue weighted by molar-refractivity contribution is 5.78. The number of hydrogen-bond donors (Lipinski definition) is 1. The molecule has 5 nitrogen and oxygen atoms in total. The molecule has 0 aromatic heterocycles. The van der Waals surface area contributed by atoms with Gasteiger partial charge in [-0.15, -0.1) is 0 Å². The zero-order valence-corrected chi connectivity index (χ0v) is 12.1. The molecule has 0 aliphatic heterocycles. The number of ether oxygens (including phenoxy) is 2. The molecule has 0 aliphatic rings. The summed E-state index contributed by atoms with van der Waals surface area (Å²) in [5, 5.41) is 9.39. The van der Waals surface area contributed by atoms with Crippen LogP contribution in [0, 0.1) is 0 Å². The van der Waals surface area contributed by atoms with Crippen LogP contribution in [0.1, 0.15) is 12.5 Å². The van der Waals surface area contributed by atoms with Crippen molar-refractivity contribution in [3.63, 3.8) is 0 Å². The van der Waals surface area contributed by atoms with Gasteiger partial charge in [0.25, 0.3) is 0 Å². The molecule has 0 fully saturated rings. The third-order valence-electron chi connectivity index (χ3n) is 3.44. The van der Waals surface area contributed by atoms with Gasteiger partial charge >= 0.3 is 5.97 Å². The predicted molar refractivity (Wildman–Crippen MR) is 73.0 cm³/mol. The van der Waals surface area contributed by atoms with Gasteiger partial charge in [0.15, 0.2) is 11.5 Å². The van der Waals surface area contributed by atoms with E-state index in [2.05, 4.69) is 0 Å². The monoisotopic (exact) mass is 267 g/mol. The zero-order chi connectivity index (χ0) is 14.6. The smallest absolute Gasteiger partial charge is 0.324 e. The van der Waals surface area contributed by atoms with Gasteiger partial charge in [-0.25, -0.2) is 0 Å². The first-order chi connectivity index (χ1) is 8.85. The van der Waals surface area contributed by atoms with E-state index in [4.69, 9.17) is 9.47 Å². The van der Waals surface area contributed by atoms with Crippen molar-refractivity contribution in [3.05, 3.63) is 23.8 Å². The molecule has 1 rings (SSSR count). The summed E-state index contributed by atoms with van der Waals surface area (Å²) >= 11 is 0. The van der Waals surface area contributed by atoms with Crippen LogP contribution in [0.4, 0.5) is 0 Å². The minimum atomic E-state index is -0.959. The molecule has 0 radical (unpaired) electrons. The number of rotatable bonds is 6. The molecule has 0 amide bonds. The molecule has 0 aliphatic carbocycles. The molecule has 1 aromatic carbocycles. The van der Waals surface area contributed by atoms with E-state index in [0.717, 1.165) is 5.56 Å². The molecule has 0 bridgehead atoms. The van der Waals surface area contributed by atoms with Gasteiger partial charge in [0.05, 0.1) is 14.2 Å². The van der Waals surface area contributed by atoms with E-state index in [1.165, 1.54) is 0 Å². The lowest BCUT2D eigenvalue weighted by atomic mass is 9.91. The SMILES string of the molecule is COc1ccc(C[C@@](C)(C(=O)O)N(C)C)cc1OC. The molecule has 0 heterocycles. The van der Waals surface area contributed by atoms with E-state index < -0.39 is 11.5 Å². The third-order valence-corrected chi connectivity index (χ3v) is 3.44. The molecular formula is C14H21NO4. The van der Waals surface area contributed by atoms with Crippen LogP contribution in [0.5, 0.6) is 11.5 Å². The van der Waals surface area contributed by atoms with Crippen LogP contribution in [0.15, 0.2) is 18.2 Å². The number of aliphatic carboxylic acids is 1. The Labute approximate surface area is 113 Å². The second-order valence-electron chi connectivity index (χ2n) is 4.84. The fourth-order valence-electron chi connectivity index (χ4n) is 1.81. The van der Waals surface area contributed by atoms with Crippen molar-refractivity contribution in [2.45, 2.75) is 18.9 Å². The maximum Gasteiger partial charge on any atom is 0.324 e. The fraction of sp³-hybridized carbons (Fsp3) is 0.500. The van der Waals surface area contributed by atoms with Gasteiger partial charge in [0.1, 0.15) is 5.54 Å². The van der Waals surface area contributed by atoms with E-state index in [0.29, 0.717) is 17.9 Å². The molecule has 1 aromatic rings. The molecule has 1 N–H and O–H groups in total. The van der Waals surface area contributed by atoms with Crippen LogP contribution in [0.2, 0.25) is 0 Å². The summed E-state index contributed by atoms with van der Waals surface area (Å²) in [4.78, 5) is 13.1. The van der Waals surface area contributed by atoms with Crippen LogP contribution in [-0.4, -0.2) is 49.8 Å². The summed E-state index contributed by atoms with van der Waals surface area (Å²) in [6.07, 6.45) is 0.385. The quantitative estimate of drug-likeness (QED) is 0.849. The van der Waals surface area contributed by atoms with Crippen molar-refractivity contribution in [1.82, 2.24) is 4.90 Å². The van der Waals surface area contributed by atoms with E-state index in [1.54, 1.807) is 46.2 Å². The molecule has 19 heavy (non-hydrogen) atoms. The summed E-state index contributed by atoms with van der Waals surface area (Å²) in [6.45, 7) is 1.70. The summed E-state index contributed by atoms with van der Waals surface area (Å²) < 4.78 is 10.4. The highest BCUT2D eigenvalue weighted by atomic mass is 16.5. The topological polar surface area (TPSA) is 59.0 Å². The van der Waals surface area contributed by atoms with E-state index in [9.17, 15) is 9.90 Å². The fourth-order valence-corrected chi connectivity index (χ4v) is 1.81. The van der Waals surface area contributed by atoms with E-state index in [-0.39, 0.29) is 0 Å². The van der Waals surface area contributed by atoms with Crippen molar-refractivity contribution >= 4 is 5.97 Å². The molecular weight excluding hydrogens is 246 g/mol. The van der Waals surface area contributed by atoms with Gasteiger partial charge in [0.2, 0.25) is 0 Å². The summed E-state index contributed by atoms with van der Waals surface area (Å²) in [5.74, 6) is 0.381. The van der Waals surface area contributed by atoms with E-state index >= 15 is 0 Å². The maximum absolute atomic E-state index is 11.4. The lowest BCUT2D eigenvalue weighted by molar-refractivity contribution is -0.148. The van der Waals surface area contributed by atoms with Gasteiger partial charge in [-0.3, -0.25) is 9.69 Å². The van der Waals surface area contributed by atoms with Crippen molar-refractivity contribution in [3.8, 4) is 11.5 Å². The number of carbonyl (C=O) groups is 1. The number of nitrogens with zero attached hydrogens (tertiary/aromatic N) is 1. The number of hydrogen-bond acceptors (Lipinski definition) is 4. The Morgan fingerprint density at radius 3 is 2.26 bits per heavy atom. The number of carboxylic acids is 1. The zero-order valence-electron chi connectivity index (χ0n) is 12.1.